The normalized spacial score (nSPS) is 15.7. The lowest BCUT2D eigenvalue weighted by Crippen LogP contribution is -2.39. The van der Waals surface area contributed by atoms with Crippen molar-refractivity contribution in [1.29, 1.82) is 0 Å². The average Bonchev–Trinajstić information content (AvgIpc) is 2.79. The monoisotopic (exact) mass is 558 g/mol. The summed E-state index contributed by atoms with van der Waals surface area (Å²) in [6.07, 6.45) is 0. The molecular weight excluding hydrogens is 525 g/mol. The molecule has 2 aromatic rings. The molecule has 0 aliphatic carbocycles. The summed E-state index contributed by atoms with van der Waals surface area (Å²) < 4.78 is 32.2. The number of nitrogens with zero attached hydrogens (tertiary/aromatic N) is 2. The van der Waals surface area contributed by atoms with E-state index in [1.807, 2.05) is 19.9 Å². The smallest absolute Gasteiger partial charge is 0.191 e. The lowest BCUT2D eigenvalue weighted by atomic mass is 10.0. The lowest BCUT2D eigenvalue weighted by molar-refractivity contribution is 0.0341. The van der Waals surface area contributed by atoms with Gasteiger partial charge in [-0.1, -0.05) is 37.3 Å². The number of hydrogen-bond acceptors (Lipinski definition) is 3. The van der Waals surface area contributed by atoms with Crippen LogP contribution < -0.4 is 10.6 Å². The first-order chi connectivity index (χ1) is 15.1. The van der Waals surface area contributed by atoms with Gasteiger partial charge in [0.2, 0.25) is 0 Å². The third kappa shape index (κ3) is 7.97. The number of aliphatic imine (C=N–C) groups is 1. The Balaban J connectivity index is 0.00000363. The standard InChI is InChI=1S/C24H32F2N4O.HI/c1-3-27-24(28-15-18(2)19-8-9-22(25)23(26)14-19)29-16-20-6-4-5-7-21(20)17-30-10-12-31-13-11-30;/h4-9,14,18H,3,10-13,15-17H2,1-2H3,(H2,27,28,29);1H. The zero-order valence-corrected chi connectivity index (χ0v) is 21.1. The molecule has 1 fully saturated rings. The van der Waals surface area contributed by atoms with Crippen LogP contribution in [0, 0.1) is 11.6 Å². The van der Waals surface area contributed by atoms with E-state index in [9.17, 15) is 8.78 Å². The number of benzene rings is 2. The second-order valence-corrected chi connectivity index (χ2v) is 7.81. The molecule has 1 aliphatic rings. The molecule has 2 N–H and O–H groups in total. The van der Waals surface area contributed by atoms with Crippen LogP contribution in [-0.2, 0) is 17.8 Å². The number of ether oxygens (including phenoxy) is 1. The molecule has 0 radical (unpaired) electrons. The van der Waals surface area contributed by atoms with E-state index in [2.05, 4.69) is 33.7 Å². The molecule has 8 heteroatoms. The van der Waals surface area contributed by atoms with E-state index >= 15 is 0 Å². The van der Waals surface area contributed by atoms with Gasteiger partial charge in [0.1, 0.15) is 0 Å². The van der Waals surface area contributed by atoms with E-state index in [4.69, 9.17) is 9.73 Å². The molecule has 32 heavy (non-hydrogen) atoms. The summed E-state index contributed by atoms with van der Waals surface area (Å²) in [6, 6.07) is 12.4. The van der Waals surface area contributed by atoms with E-state index in [0.717, 1.165) is 45.0 Å². The van der Waals surface area contributed by atoms with Crippen molar-refractivity contribution in [3.63, 3.8) is 0 Å². The maximum absolute atomic E-state index is 13.5. The zero-order chi connectivity index (χ0) is 22.1. The van der Waals surface area contributed by atoms with Gasteiger partial charge < -0.3 is 15.4 Å². The van der Waals surface area contributed by atoms with Gasteiger partial charge in [0.15, 0.2) is 17.6 Å². The fourth-order valence-corrected chi connectivity index (χ4v) is 3.56. The van der Waals surface area contributed by atoms with Crippen molar-refractivity contribution in [2.75, 3.05) is 39.4 Å². The summed E-state index contributed by atoms with van der Waals surface area (Å²) in [5.74, 6) is -0.929. The quantitative estimate of drug-likeness (QED) is 0.289. The summed E-state index contributed by atoms with van der Waals surface area (Å²) in [7, 11) is 0. The average molecular weight is 558 g/mol. The fraction of sp³-hybridized carbons (Fsp3) is 0.458. The van der Waals surface area contributed by atoms with Crippen molar-refractivity contribution in [3.8, 4) is 0 Å². The Morgan fingerprint density at radius 1 is 1.06 bits per heavy atom. The first kappa shape index (κ1) is 26.5. The Labute approximate surface area is 206 Å². The molecule has 5 nitrogen and oxygen atoms in total. The van der Waals surface area contributed by atoms with Crippen LogP contribution in [0.25, 0.3) is 0 Å². The molecule has 2 aromatic carbocycles. The predicted molar refractivity (Wildman–Crippen MR) is 136 cm³/mol. The molecule has 0 saturated carbocycles. The highest BCUT2D eigenvalue weighted by molar-refractivity contribution is 14.0. The summed E-state index contributed by atoms with van der Waals surface area (Å²) in [5.41, 5.74) is 3.22. The number of morpholine rings is 1. The number of halogens is 3. The molecule has 0 bridgehead atoms. The van der Waals surface area contributed by atoms with Crippen LogP contribution in [-0.4, -0.2) is 50.3 Å². The molecular formula is C24H33F2IN4O. The highest BCUT2D eigenvalue weighted by Crippen LogP contribution is 2.17. The predicted octanol–water partition coefficient (Wildman–Crippen LogP) is 4.27. The van der Waals surface area contributed by atoms with Crippen LogP contribution in [0.5, 0.6) is 0 Å². The molecule has 3 rings (SSSR count). The molecule has 1 saturated heterocycles. The van der Waals surface area contributed by atoms with Crippen molar-refractivity contribution in [2.24, 2.45) is 4.99 Å². The first-order valence-electron chi connectivity index (χ1n) is 10.9. The maximum atomic E-state index is 13.5. The molecule has 1 atom stereocenters. The third-order valence-corrected chi connectivity index (χ3v) is 5.46. The zero-order valence-electron chi connectivity index (χ0n) is 18.7. The van der Waals surface area contributed by atoms with E-state index < -0.39 is 11.6 Å². The van der Waals surface area contributed by atoms with E-state index in [0.29, 0.717) is 19.0 Å². The molecule has 0 spiro atoms. The van der Waals surface area contributed by atoms with Gasteiger partial charge in [-0.15, -0.1) is 24.0 Å². The molecule has 1 heterocycles. The summed E-state index contributed by atoms with van der Waals surface area (Å²) in [5, 5.41) is 6.58. The number of nitrogens with one attached hydrogen (secondary N) is 2. The van der Waals surface area contributed by atoms with Crippen molar-refractivity contribution < 1.29 is 13.5 Å². The molecule has 0 aromatic heterocycles. The Hall–Kier alpha value is -1.78. The number of guanidine groups is 1. The van der Waals surface area contributed by atoms with Crippen molar-refractivity contribution in [3.05, 3.63) is 70.8 Å². The summed E-state index contributed by atoms with van der Waals surface area (Å²) in [6.45, 7) is 10.2. The minimum absolute atomic E-state index is 0. The minimum atomic E-state index is -0.824. The Morgan fingerprint density at radius 3 is 2.47 bits per heavy atom. The molecule has 1 aliphatic heterocycles. The van der Waals surface area contributed by atoms with Gasteiger partial charge in [-0.05, 0) is 41.7 Å². The van der Waals surface area contributed by atoms with Crippen molar-refractivity contribution >= 4 is 29.9 Å². The number of rotatable bonds is 8. The lowest BCUT2D eigenvalue weighted by Gasteiger charge is -2.27. The minimum Gasteiger partial charge on any atom is -0.379 e. The van der Waals surface area contributed by atoms with E-state index in [-0.39, 0.29) is 29.9 Å². The Kier molecular flexibility index (Phi) is 11.3. The largest absolute Gasteiger partial charge is 0.379 e. The van der Waals surface area contributed by atoms with Crippen molar-refractivity contribution in [2.45, 2.75) is 32.9 Å². The summed E-state index contributed by atoms with van der Waals surface area (Å²) >= 11 is 0. The highest BCUT2D eigenvalue weighted by Gasteiger charge is 2.13. The second-order valence-electron chi connectivity index (χ2n) is 7.81. The Bertz CT molecular complexity index is 875. The van der Waals surface area contributed by atoms with Gasteiger partial charge in [-0.3, -0.25) is 4.90 Å². The fourth-order valence-electron chi connectivity index (χ4n) is 3.56. The highest BCUT2D eigenvalue weighted by atomic mass is 127. The maximum Gasteiger partial charge on any atom is 0.191 e. The molecule has 1 unspecified atom stereocenters. The molecule has 0 amide bonds. The Morgan fingerprint density at radius 2 is 1.78 bits per heavy atom. The first-order valence-corrected chi connectivity index (χ1v) is 10.9. The van der Waals surface area contributed by atoms with Gasteiger partial charge in [0, 0.05) is 32.7 Å². The van der Waals surface area contributed by atoms with Gasteiger partial charge in [0.05, 0.1) is 19.8 Å². The topological polar surface area (TPSA) is 48.9 Å². The van der Waals surface area contributed by atoms with Crippen LogP contribution in [0.1, 0.15) is 36.5 Å². The van der Waals surface area contributed by atoms with E-state index in [1.54, 1.807) is 6.07 Å². The second kappa shape index (κ2) is 13.7. The van der Waals surface area contributed by atoms with Gasteiger partial charge in [0.25, 0.3) is 0 Å². The van der Waals surface area contributed by atoms with Gasteiger partial charge >= 0.3 is 0 Å². The van der Waals surface area contributed by atoms with Crippen LogP contribution in [0.4, 0.5) is 8.78 Å². The van der Waals surface area contributed by atoms with Gasteiger partial charge in [-0.2, -0.15) is 0 Å². The van der Waals surface area contributed by atoms with Crippen molar-refractivity contribution in [1.82, 2.24) is 15.5 Å². The van der Waals surface area contributed by atoms with Crippen LogP contribution in [0.3, 0.4) is 0 Å². The number of hydrogen-bond donors (Lipinski definition) is 2. The third-order valence-electron chi connectivity index (χ3n) is 5.46. The molecule has 176 valence electrons. The van der Waals surface area contributed by atoms with Crippen LogP contribution in [0.2, 0.25) is 0 Å². The SMILES string of the molecule is CCNC(=NCc1ccccc1CN1CCOCC1)NCC(C)c1ccc(F)c(F)c1.I. The van der Waals surface area contributed by atoms with Gasteiger partial charge in [-0.25, -0.2) is 13.8 Å². The van der Waals surface area contributed by atoms with Crippen LogP contribution >= 0.6 is 24.0 Å². The van der Waals surface area contributed by atoms with Crippen LogP contribution in [0.15, 0.2) is 47.5 Å². The summed E-state index contributed by atoms with van der Waals surface area (Å²) in [4.78, 5) is 7.15. The van der Waals surface area contributed by atoms with E-state index in [1.165, 1.54) is 23.3 Å².